The van der Waals surface area contributed by atoms with Gasteiger partial charge in [0.1, 0.15) is 0 Å². The fourth-order valence-electron chi connectivity index (χ4n) is 2.29. The van der Waals surface area contributed by atoms with E-state index in [1.54, 1.807) is 6.07 Å². The Hall–Kier alpha value is -1.14. The van der Waals surface area contributed by atoms with E-state index in [0.717, 1.165) is 6.42 Å². The van der Waals surface area contributed by atoms with E-state index in [0.29, 0.717) is 24.0 Å². The van der Waals surface area contributed by atoms with Crippen molar-refractivity contribution in [2.24, 2.45) is 0 Å². The largest absolute Gasteiger partial charge is 0.481 e. The minimum atomic E-state index is -0.757. The Morgan fingerprint density at radius 2 is 2.25 bits per heavy atom. The molecule has 2 rings (SSSR count). The Balaban J connectivity index is 1.82. The number of aliphatic hydroxyl groups is 1. The minimum absolute atomic E-state index is 0.0471. The Morgan fingerprint density at radius 3 is 2.85 bits per heavy atom. The summed E-state index contributed by atoms with van der Waals surface area (Å²) in [5.41, 5.74) is -0.757. The van der Waals surface area contributed by atoms with Crippen molar-refractivity contribution in [3.63, 3.8) is 0 Å². The lowest BCUT2D eigenvalue weighted by Crippen LogP contribution is -2.64. The monoisotopic (exact) mass is 345 g/mol. The van der Waals surface area contributed by atoms with E-state index < -0.39 is 11.4 Å². The van der Waals surface area contributed by atoms with Crippen molar-refractivity contribution < 1.29 is 19.0 Å². The first kappa shape index (κ1) is 15.3. The first-order valence-electron chi connectivity index (χ1n) is 6.51. The lowest BCUT2D eigenvalue weighted by molar-refractivity contribution is -0.158. The number of nitrogens with zero attached hydrogens (tertiary/aromatic N) is 1. The van der Waals surface area contributed by atoms with Gasteiger partial charge < -0.3 is 14.7 Å². The molecule has 0 aromatic heterocycles. The van der Waals surface area contributed by atoms with Gasteiger partial charge in [-0.2, -0.15) is 0 Å². The third kappa shape index (κ3) is 3.49. The Kier molecular flexibility index (Phi) is 4.65. The van der Waals surface area contributed by atoms with Crippen LogP contribution in [0.1, 0.15) is 19.8 Å². The van der Waals surface area contributed by atoms with Gasteiger partial charge in [-0.3, -0.25) is 4.79 Å². The van der Waals surface area contributed by atoms with Crippen LogP contribution in [0.15, 0.2) is 22.7 Å². The number of ether oxygens (including phenoxy) is 1. The van der Waals surface area contributed by atoms with Crippen LogP contribution in [0.3, 0.4) is 0 Å². The van der Waals surface area contributed by atoms with E-state index in [1.807, 2.05) is 6.92 Å². The second kappa shape index (κ2) is 6.10. The van der Waals surface area contributed by atoms with Crippen LogP contribution in [-0.2, 0) is 4.79 Å². The lowest BCUT2D eigenvalue weighted by atomic mass is 9.89. The van der Waals surface area contributed by atoms with Gasteiger partial charge >= 0.3 is 0 Å². The molecule has 0 spiro atoms. The van der Waals surface area contributed by atoms with E-state index in [4.69, 9.17) is 4.74 Å². The number of β-amino-alcohol motifs (C(OH)–C–C–N with tert-alkyl or cyclic N) is 1. The number of carbonyl (C=O) groups excluding carboxylic acids is 1. The number of rotatable bonds is 5. The topological polar surface area (TPSA) is 49.8 Å². The van der Waals surface area contributed by atoms with E-state index in [1.165, 1.54) is 17.0 Å². The summed E-state index contributed by atoms with van der Waals surface area (Å²) < 4.78 is 19.3. The number of carbonyl (C=O) groups is 1. The third-order valence-electron chi connectivity index (χ3n) is 3.28. The summed E-state index contributed by atoms with van der Waals surface area (Å²) in [4.78, 5) is 13.3. The molecule has 1 N–H and O–H groups in total. The normalized spacial score (nSPS) is 16.7. The molecule has 0 aliphatic carbocycles. The SMILES string of the molecule is CCCC1(O)CN(C(=O)COc2ccc(Br)cc2F)C1. The van der Waals surface area contributed by atoms with E-state index in [9.17, 15) is 14.3 Å². The van der Waals surface area contributed by atoms with E-state index >= 15 is 0 Å². The zero-order chi connectivity index (χ0) is 14.8. The summed E-state index contributed by atoms with van der Waals surface area (Å²) >= 11 is 3.15. The van der Waals surface area contributed by atoms with Crippen molar-refractivity contribution in [2.45, 2.75) is 25.4 Å². The number of hydrogen-bond acceptors (Lipinski definition) is 3. The summed E-state index contributed by atoms with van der Waals surface area (Å²) in [6, 6.07) is 4.40. The molecule has 1 heterocycles. The summed E-state index contributed by atoms with van der Waals surface area (Å²) in [5, 5.41) is 9.99. The molecule has 1 aromatic rings. The lowest BCUT2D eigenvalue weighted by Gasteiger charge is -2.46. The molecule has 1 aliphatic heterocycles. The zero-order valence-corrected chi connectivity index (χ0v) is 12.8. The fraction of sp³-hybridized carbons (Fsp3) is 0.500. The van der Waals surface area contributed by atoms with Crippen LogP contribution in [0, 0.1) is 5.82 Å². The average Bonchev–Trinajstić information content (AvgIpc) is 2.34. The molecular formula is C14H17BrFNO3. The van der Waals surface area contributed by atoms with Crippen molar-refractivity contribution >= 4 is 21.8 Å². The predicted molar refractivity (Wildman–Crippen MR) is 76.0 cm³/mol. The highest BCUT2D eigenvalue weighted by atomic mass is 79.9. The van der Waals surface area contributed by atoms with Crippen molar-refractivity contribution in [3.05, 3.63) is 28.5 Å². The Morgan fingerprint density at radius 1 is 1.55 bits per heavy atom. The maximum Gasteiger partial charge on any atom is 0.260 e. The first-order chi connectivity index (χ1) is 9.43. The van der Waals surface area contributed by atoms with Gasteiger partial charge in [-0.15, -0.1) is 0 Å². The van der Waals surface area contributed by atoms with Gasteiger partial charge in [0, 0.05) is 4.47 Å². The molecule has 4 nitrogen and oxygen atoms in total. The van der Waals surface area contributed by atoms with Gasteiger partial charge in [0.05, 0.1) is 18.7 Å². The number of benzene rings is 1. The van der Waals surface area contributed by atoms with Gasteiger partial charge in [-0.05, 0) is 24.6 Å². The molecule has 1 fully saturated rings. The predicted octanol–water partition coefficient (Wildman–Crippen LogP) is 2.34. The van der Waals surface area contributed by atoms with Gasteiger partial charge in [0.2, 0.25) is 0 Å². The molecule has 0 radical (unpaired) electrons. The van der Waals surface area contributed by atoms with Crippen LogP contribution in [0.25, 0.3) is 0 Å². The quantitative estimate of drug-likeness (QED) is 0.890. The second-order valence-electron chi connectivity index (χ2n) is 5.09. The molecule has 6 heteroatoms. The molecule has 1 aliphatic rings. The molecule has 20 heavy (non-hydrogen) atoms. The highest BCUT2D eigenvalue weighted by molar-refractivity contribution is 9.10. The standard InChI is InChI=1S/C14H17BrFNO3/c1-2-5-14(19)8-17(9-14)13(18)7-20-12-4-3-10(15)6-11(12)16/h3-4,6,19H,2,5,7-9H2,1H3. The van der Waals surface area contributed by atoms with Gasteiger partial charge in [0.25, 0.3) is 5.91 Å². The number of amides is 1. The second-order valence-corrected chi connectivity index (χ2v) is 6.00. The van der Waals surface area contributed by atoms with E-state index in [-0.39, 0.29) is 18.3 Å². The molecule has 0 saturated carbocycles. The molecule has 1 amide bonds. The third-order valence-corrected chi connectivity index (χ3v) is 3.78. The molecular weight excluding hydrogens is 329 g/mol. The zero-order valence-electron chi connectivity index (χ0n) is 11.2. The number of likely N-dealkylation sites (tertiary alicyclic amines) is 1. The average molecular weight is 346 g/mol. The van der Waals surface area contributed by atoms with Crippen molar-refractivity contribution in [2.75, 3.05) is 19.7 Å². The molecule has 110 valence electrons. The van der Waals surface area contributed by atoms with Crippen LogP contribution in [-0.4, -0.2) is 41.2 Å². The Labute approximate surface area is 125 Å². The van der Waals surface area contributed by atoms with Crippen LogP contribution in [0.2, 0.25) is 0 Å². The van der Waals surface area contributed by atoms with Gasteiger partial charge in [0.15, 0.2) is 18.2 Å². The van der Waals surface area contributed by atoms with Crippen LogP contribution in [0.5, 0.6) is 5.75 Å². The first-order valence-corrected chi connectivity index (χ1v) is 7.31. The summed E-state index contributed by atoms with van der Waals surface area (Å²) in [5.74, 6) is -0.711. The smallest absolute Gasteiger partial charge is 0.260 e. The summed E-state index contributed by atoms with van der Waals surface area (Å²) in [7, 11) is 0. The summed E-state index contributed by atoms with van der Waals surface area (Å²) in [6.45, 7) is 2.42. The molecule has 0 bridgehead atoms. The van der Waals surface area contributed by atoms with Crippen molar-refractivity contribution in [1.82, 2.24) is 4.90 Å². The fourth-order valence-corrected chi connectivity index (χ4v) is 2.62. The number of hydrogen-bond donors (Lipinski definition) is 1. The van der Waals surface area contributed by atoms with Crippen LogP contribution >= 0.6 is 15.9 Å². The highest BCUT2D eigenvalue weighted by Gasteiger charge is 2.42. The van der Waals surface area contributed by atoms with Crippen molar-refractivity contribution in [1.29, 1.82) is 0 Å². The molecule has 0 unspecified atom stereocenters. The maximum atomic E-state index is 13.5. The summed E-state index contributed by atoms with van der Waals surface area (Å²) in [6.07, 6.45) is 1.55. The highest BCUT2D eigenvalue weighted by Crippen LogP contribution is 2.26. The Bertz CT molecular complexity index is 503. The molecule has 1 saturated heterocycles. The number of halogens is 2. The molecule has 1 aromatic carbocycles. The van der Waals surface area contributed by atoms with Crippen LogP contribution < -0.4 is 4.74 Å². The van der Waals surface area contributed by atoms with E-state index in [2.05, 4.69) is 15.9 Å². The van der Waals surface area contributed by atoms with Crippen molar-refractivity contribution in [3.8, 4) is 5.75 Å². The van der Waals surface area contributed by atoms with Gasteiger partial charge in [-0.25, -0.2) is 4.39 Å². The van der Waals surface area contributed by atoms with Crippen LogP contribution in [0.4, 0.5) is 4.39 Å². The minimum Gasteiger partial charge on any atom is -0.481 e. The molecule has 0 atom stereocenters. The van der Waals surface area contributed by atoms with Gasteiger partial charge in [-0.1, -0.05) is 29.3 Å². The maximum absolute atomic E-state index is 13.5.